The van der Waals surface area contributed by atoms with Gasteiger partial charge in [-0.05, 0) is 0 Å². The zero-order chi connectivity index (χ0) is 6.41. The van der Waals surface area contributed by atoms with Crippen LogP contribution >= 0.6 is 0 Å². The van der Waals surface area contributed by atoms with Gasteiger partial charge in [-0.3, -0.25) is 0 Å². The summed E-state index contributed by atoms with van der Waals surface area (Å²) in [6.07, 6.45) is 0. The van der Waals surface area contributed by atoms with Crippen molar-refractivity contribution < 1.29 is 24.1 Å². The van der Waals surface area contributed by atoms with Crippen molar-refractivity contribution in [2.24, 2.45) is 0 Å². The average molecular weight is 160 g/mol. The lowest BCUT2D eigenvalue weighted by atomic mass is 15.7. The van der Waals surface area contributed by atoms with Gasteiger partial charge in [0.1, 0.15) is 0 Å². The minimum Gasteiger partial charge on any atom is -0.167 e. The van der Waals surface area contributed by atoms with Crippen molar-refractivity contribution in [1.82, 2.24) is 0 Å². The Morgan fingerprint density at radius 2 is 1.00 bits per heavy atom. The van der Waals surface area contributed by atoms with Gasteiger partial charge in [-0.25, -0.2) is 0 Å². The molecule has 6 nitrogen and oxygen atoms in total. The van der Waals surface area contributed by atoms with E-state index in [1.54, 1.807) is 0 Å². The third-order valence-corrected chi connectivity index (χ3v) is 3.00. The van der Waals surface area contributed by atoms with Crippen LogP contribution in [0.4, 0.5) is 0 Å². The van der Waals surface area contributed by atoms with E-state index in [4.69, 9.17) is 0 Å². The molecule has 0 bridgehead atoms. The van der Waals surface area contributed by atoms with Crippen molar-refractivity contribution in [1.29, 1.82) is 0 Å². The Morgan fingerprint density at radius 1 is 0.750 bits per heavy atom. The molecule has 0 amide bonds. The summed E-state index contributed by atoms with van der Waals surface area (Å²) in [6.45, 7) is 0. The smallest absolute Gasteiger partial charge is 0.167 e. The molecule has 0 atom stereocenters. The molecule has 0 saturated carbocycles. The van der Waals surface area contributed by atoms with Crippen LogP contribution in [0.15, 0.2) is 0 Å². The van der Waals surface area contributed by atoms with E-state index in [2.05, 4.69) is 7.26 Å². The van der Waals surface area contributed by atoms with E-state index in [0.29, 0.717) is 0 Å². The Kier molecular flexibility index (Phi) is 0.899. The lowest BCUT2D eigenvalue weighted by Gasteiger charge is -2.09. The number of hydrogen-bond acceptors (Lipinski definition) is 6. The zero-order valence-electron chi connectivity index (χ0n) is 3.27. The predicted octanol–water partition coefficient (Wildman–Crippen LogP) is -1.48. The van der Waals surface area contributed by atoms with Gasteiger partial charge in [0.05, 0.1) is 0 Å². The maximum Gasteiger partial charge on any atom is 0.432 e. The summed E-state index contributed by atoms with van der Waals surface area (Å²) in [7, 11) is -8.35. The van der Waals surface area contributed by atoms with E-state index in [-0.39, 0.29) is 0 Å². The first-order valence-corrected chi connectivity index (χ1v) is 4.00. The summed E-state index contributed by atoms with van der Waals surface area (Å²) in [5.74, 6) is 0. The molecule has 0 aromatic heterocycles. The summed E-state index contributed by atoms with van der Waals surface area (Å²) in [5.41, 5.74) is 0. The van der Waals surface area contributed by atoms with Crippen LogP contribution in [0.2, 0.25) is 0 Å². The van der Waals surface area contributed by atoms with E-state index in [1.165, 1.54) is 0 Å². The van der Waals surface area contributed by atoms with Crippen molar-refractivity contribution >= 4 is 20.8 Å². The minimum absolute atomic E-state index is 3.24. The monoisotopic (exact) mass is 160 g/mol. The Labute approximate surface area is 45.7 Å². The summed E-state index contributed by atoms with van der Waals surface area (Å²) in [6, 6.07) is 0. The van der Waals surface area contributed by atoms with E-state index in [0.717, 1.165) is 0 Å². The molecular weight excluding hydrogens is 160 g/mol. The van der Waals surface area contributed by atoms with Crippen molar-refractivity contribution in [3.63, 3.8) is 0 Å². The molecular formula is O6S2. The summed E-state index contributed by atoms with van der Waals surface area (Å²) in [5, 5.41) is 0. The van der Waals surface area contributed by atoms with Crippen molar-refractivity contribution in [2.75, 3.05) is 0 Å². The molecule has 1 aliphatic heterocycles. The number of rotatable bonds is 0. The molecule has 1 aliphatic rings. The van der Waals surface area contributed by atoms with E-state index in [1.807, 2.05) is 0 Å². The van der Waals surface area contributed by atoms with Gasteiger partial charge >= 0.3 is 20.8 Å². The fraction of sp³-hybridized carbons (Fsp3) is 0. The van der Waals surface area contributed by atoms with Crippen molar-refractivity contribution in [3.8, 4) is 0 Å². The van der Waals surface area contributed by atoms with Crippen LogP contribution in [-0.4, -0.2) is 16.8 Å². The maximum atomic E-state index is 9.68. The average Bonchev–Trinajstić information content (AvgIpc) is 1.20. The zero-order valence-corrected chi connectivity index (χ0v) is 4.90. The Hall–Kier alpha value is -0.180. The lowest BCUT2D eigenvalue weighted by Crippen LogP contribution is -2.30. The molecule has 1 saturated heterocycles. The molecule has 1 rings (SSSR count). The lowest BCUT2D eigenvalue weighted by molar-refractivity contribution is 0.293. The Bertz CT molecular complexity index is 226. The largest absolute Gasteiger partial charge is 0.432 e. The van der Waals surface area contributed by atoms with Gasteiger partial charge in [0.15, 0.2) is 0 Å². The molecule has 48 valence electrons. The molecule has 8 heteroatoms. The Morgan fingerprint density at radius 3 is 1.00 bits per heavy atom. The highest BCUT2D eigenvalue weighted by molar-refractivity contribution is 8.08. The van der Waals surface area contributed by atoms with Crippen LogP contribution in [0.25, 0.3) is 0 Å². The van der Waals surface area contributed by atoms with Gasteiger partial charge < -0.3 is 0 Å². The van der Waals surface area contributed by atoms with Crippen molar-refractivity contribution in [2.45, 2.75) is 0 Å². The highest BCUT2D eigenvalue weighted by atomic mass is 32.4. The van der Waals surface area contributed by atoms with Crippen molar-refractivity contribution in [3.05, 3.63) is 0 Å². The van der Waals surface area contributed by atoms with E-state index >= 15 is 0 Å². The van der Waals surface area contributed by atoms with Gasteiger partial charge in [0, 0.05) is 0 Å². The third kappa shape index (κ3) is 0.968. The summed E-state index contributed by atoms with van der Waals surface area (Å²) < 4.78 is 45.2. The molecule has 0 radical (unpaired) electrons. The van der Waals surface area contributed by atoms with Crippen LogP contribution in [-0.2, 0) is 28.1 Å². The number of hydrogen-bond donors (Lipinski definition) is 0. The first kappa shape index (κ1) is 5.95. The van der Waals surface area contributed by atoms with Gasteiger partial charge in [0.25, 0.3) is 0 Å². The first-order valence-electron chi connectivity index (χ1n) is 1.33. The van der Waals surface area contributed by atoms with Crippen LogP contribution in [0.3, 0.4) is 0 Å². The fourth-order valence-electron chi connectivity index (χ4n) is 0.209. The second-order valence-electron chi connectivity index (χ2n) is 0.953. The van der Waals surface area contributed by atoms with E-state index in [9.17, 15) is 16.8 Å². The molecule has 0 spiro atoms. The molecule has 0 aromatic carbocycles. The first-order chi connectivity index (χ1) is 3.41. The molecule has 1 heterocycles. The molecule has 1 fully saturated rings. The molecule has 0 aromatic rings. The summed E-state index contributed by atoms with van der Waals surface area (Å²) in [4.78, 5) is 0. The van der Waals surface area contributed by atoms with Gasteiger partial charge in [0.2, 0.25) is 0 Å². The van der Waals surface area contributed by atoms with Crippen LogP contribution < -0.4 is 0 Å². The third-order valence-electron chi connectivity index (χ3n) is 0.333. The molecule has 0 aliphatic carbocycles. The van der Waals surface area contributed by atoms with Crippen LogP contribution in [0.1, 0.15) is 0 Å². The maximum absolute atomic E-state index is 9.68. The van der Waals surface area contributed by atoms with Gasteiger partial charge in [-0.15, -0.1) is 0 Å². The highest BCUT2D eigenvalue weighted by Crippen LogP contribution is 2.18. The minimum atomic E-state index is -4.18. The van der Waals surface area contributed by atoms with Gasteiger partial charge in [-0.1, -0.05) is 7.26 Å². The van der Waals surface area contributed by atoms with Crippen LogP contribution in [0, 0.1) is 0 Å². The molecule has 0 N–H and O–H groups in total. The molecule has 0 unspecified atom stereocenters. The predicted molar refractivity (Wildman–Crippen MR) is 20.0 cm³/mol. The topological polar surface area (TPSA) is 86.7 Å². The highest BCUT2D eigenvalue weighted by Gasteiger charge is 2.42. The Balaban J connectivity index is 3.00. The standard InChI is InChI=1S/O6S2/c1-7(2)5-8(3,4)6-7. The summed E-state index contributed by atoms with van der Waals surface area (Å²) >= 11 is 0. The van der Waals surface area contributed by atoms with Gasteiger partial charge in [-0.2, -0.15) is 16.8 Å². The van der Waals surface area contributed by atoms with Crippen LogP contribution in [0.5, 0.6) is 0 Å². The quantitative estimate of drug-likeness (QED) is 0.429. The second kappa shape index (κ2) is 1.21. The SMILES string of the molecule is O=S1(=O)OS(=O)(=O)O1. The van der Waals surface area contributed by atoms with E-state index < -0.39 is 20.8 Å². The fourth-order valence-corrected chi connectivity index (χ4v) is 1.88. The second-order valence-corrected chi connectivity index (χ2v) is 3.67. The normalized spacial score (nSPS) is 31.0. The molecule has 8 heavy (non-hydrogen) atoms.